The number of nitrogens with zero attached hydrogens (tertiary/aromatic N) is 3. The average molecular weight is 259 g/mol. The van der Waals surface area contributed by atoms with Crippen molar-refractivity contribution in [2.45, 2.75) is 25.5 Å². The Morgan fingerprint density at radius 1 is 1.28 bits per heavy atom. The van der Waals surface area contributed by atoms with Crippen LogP contribution >= 0.6 is 11.8 Å². The molecule has 2 aromatic rings. The van der Waals surface area contributed by atoms with Gasteiger partial charge in [0, 0.05) is 17.9 Å². The van der Waals surface area contributed by atoms with Gasteiger partial charge in [-0.3, -0.25) is 0 Å². The molecule has 0 fully saturated rings. The first-order chi connectivity index (χ1) is 8.72. The average Bonchev–Trinajstić information content (AvgIpc) is 2.80. The minimum absolute atomic E-state index is 0.871. The first-order valence-corrected chi connectivity index (χ1v) is 6.96. The second kappa shape index (κ2) is 5.87. The third-order valence-electron chi connectivity index (χ3n) is 2.51. The predicted octanol–water partition coefficient (Wildman–Crippen LogP) is 3.63. The van der Waals surface area contributed by atoms with Crippen LogP contribution in [0, 0.1) is 0 Å². The summed E-state index contributed by atoms with van der Waals surface area (Å²) in [7, 11) is 0. The van der Waals surface area contributed by atoms with E-state index in [-0.39, 0.29) is 0 Å². The van der Waals surface area contributed by atoms with Crippen LogP contribution in [-0.4, -0.2) is 20.5 Å². The van der Waals surface area contributed by atoms with Crippen molar-refractivity contribution in [1.82, 2.24) is 14.8 Å². The molecule has 0 saturated carbocycles. The van der Waals surface area contributed by atoms with Gasteiger partial charge >= 0.3 is 0 Å². The topological polar surface area (TPSA) is 30.7 Å². The third-order valence-corrected chi connectivity index (χ3v) is 3.71. The van der Waals surface area contributed by atoms with Crippen molar-refractivity contribution in [1.29, 1.82) is 0 Å². The molecule has 1 heterocycles. The fourth-order valence-electron chi connectivity index (χ4n) is 1.67. The molecule has 94 valence electrons. The van der Waals surface area contributed by atoms with Crippen LogP contribution in [-0.2, 0) is 6.54 Å². The lowest BCUT2D eigenvalue weighted by Crippen LogP contribution is -2.00. The van der Waals surface area contributed by atoms with E-state index < -0.39 is 0 Å². The second-order valence-electron chi connectivity index (χ2n) is 4.16. The molecule has 0 aliphatic carbocycles. The first-order valence-electron chi connectivity index (χ1n) is 5.98. The molecule has 2 rings (SSSR count). The maximum absolute atomic E-state index is 4.30. The first kappa shape index (κ1) is 12.9. The standard InChI is InChI=1S/C14H17N3S/c1-4-17-13(12-8-6-5-7-9-12)15-16-14(17)18-10-11(2)3/h5-9H,2,4,10H2,1,3H3. The van der Waals surface area contributed by atoms with Crippen molar-refractivity contribution in [2.24, 2.45) is 0 Å². The van der Waals surface area contributed by atoms with Crippen LogP contribution in [0.1, 0.15) is 13.8 Å². The van der Waals surface area contributed by atoms with Gasteiger partial charge in [-0.2, -0.15) is 0 Å². The van der Waals surface area contributed by atoms with Gasteiger partial charge in [0.15, 0.2) is 11.0 Å². The van der Waals surface area contributed by atoms with Crippen LogP contribution in [0.15, 0.2) is 47.6 Å². The van der Waals surface area contributed by atoms with Gasteiger partial charge in [-0.25, -0.2) is 0 Å². The summed E-state index contributed by atoms with van der Waals surface area (Å²) in [6.07, 6.45) is 0. The van der Waals surface area contributed by atoms with E-state index in [0.29, 0.717) is 0 Å². The van der Waals surface area contributed by atoms with Crippen LogP contribution < -0.4 is 0 Å². The SMILES string of the molecule is C=C(C)CSc1nnc(-c2ccccc2)n1CC. The van der Waals surface area contributed by atoms with Crippen LogP contribution in [0.2, 0.25) is 0 Å². The zero-order valence-corrected chi connectivity index (χ0v) is 11.6. The molecule has 4 heteroatoms. The van der Waals surface area contributed by atoms with Gasteiger partial charge in [0.2, 0.25) is 0 Å². The summed E-state index contributed by atoms with van der Waals surface area (Å²) in [5.74, 6) is 1.81. The Labute approximate surface area is 112 Å². The highest BCUT2D eigenvalue weighted by atomic mass is 32.2. The zero-order valence-electron chi connectivity index (χ0n) is 10.8. The molecule has 0 spiro atoms. The number of rotatable bonds is 5. The van der Waals surface area contributed by atoms with Crippen molar-refractivity contribution < 1.29 is 0 Å². The van der Waals surface area contributed by atoms with E-state index in [2.05, 4.69) is 40.4 Å². The van der Waals surface area contributed by atoms with Crippen molar-refractivity contribution in [2.75, 3.05) is 5.75 Å². The molecule has 1 aromatic carbocycles. The maximum atomic E-state index is 4.30. The van der Waals surface area contributed by atoms with Crippen molar-refractivity contribution in [3.63, 3.8) is 0 Å². The summed E-state index contributed by atoms with van der Waals surface area (Å²) in [6.45, 7) is 8.92. The Hall–Kier alpha value is -1.55. The summed E-state index contributed by atoms with van der Waals surface area (Å²) in [5.41, 5.74) is 2.25. The molecule has 3 nitrogen and oxygen atoms in total. The third kappa shape index (κ3) is 2.82. The van der Waals surface area contributed by atoms with Crippen molar-refractivity contribution in [3.8, 4) is 11.4 Å². The van der Waals surface area contributed by atoms with E-state index in [1.54, 1.807) is 11.8 Å². The summed E-state index contributed by atoms with van der Waals surface area (Å²) >= 11 is 1.69. The summed E-state index contributed by atoms with van der Waals surface area (Å²) in [4.78, 5) is 0. The van der Waals surface area contributed by atoms with E-state index in [1.807, 2.05) is 25.1 Å². The number of benzene rings is 1. The largest absolute Gasteiger partial charge is 0.302 e. The molecule has 0 atom stereocenters. The molecular formula is C14H17N3S. The molecule has 0 N–H and O–H groups in total. The molecule has 0 aliphatic rings. The maximum Gasteiger partial charge on any atom is 0.191 e. The second-order valence-corrected chi connectivity index (χ2v) is 5.10. The highest BCUT2D eigenvalue weighted by Crippen LogP contribution is 2.24. The zero-order chi connectivity index (χ0) is 13.0. The number of thioether (sulfide) groups is 1. The Balaban J connectivity index is 2.30. The normalized spacial score (nSPS) is 10.6. The Morgan fingerprint density at radius 3 is 2.61 bits per heavy atom. The van der Waals surface area contributed by atoms with E-state index in [1.165, 1.54) is 0 Å². The summed E-state index contributed by atoms with van der Waals surface area (Å²) in [5, 5.41) is 9.53. The van der Waals surface area contributed by atoms with Crippen molar-refractivity contribution >= 4 is 11.8 Å². The molecular weight excluding hydrogens is 242 g/mol. The number of aromatic nitrogens is 3. The fourth-order valence-corrected chi connectivity index (χ4v) is 2.51. The quantitative estimate of drug-likeness (QED) is 0.607. The van der Waals surface area contributed by atoms with Crippen LogP contribution in [0.3, 0.4) is 0 Å². The highest BCUT2D eigenvalue weighted by molar-refractivity contribution is 7.99. The number of hydrogen-bond donors (Lipinski definition) is 0. The van der Waals surface area contributed by atoms with Crippen LogP contribution in [0.4, 0.5) is 0 Å². The minimum atomic E-state index is 0.871. The van der Waals surface area contributed by atoms with E-state index in [9.17, 15) is 0 Å². The lowest BCUT2D eigenvalue weighted by Gasteiger charge is -2.06. The van der Waals surface area contributed by atoms with E-state index >= 15 is 0 Å². The van der Waals surface area contributed by atoms with E-state index in [0.717, 1.165) is 34.4 Å². The predicted molar refractivity (Wildman–Crippen MR) is 76.7 cm³/mol. The van der Waals surface area contributed by atoms with Gasteiger partial charge in [0.05, 0.1) is 0 Å². The van der Waals surface area contributed by atoms with Gasteiger partial charge < -0.3 is 4.57 Å². The monoisotopic (exact) mass is 259 g/mol. The molecule has 0 radical (unpaired) electrons. The molecule has 0 aliphatic heterocycles. The summed E-state index contributed by atoms with van der Waals surface area (Å²) < 4.78 is 2.14. The van der Waals surface area contributed by atoms with Gasteiger partial charge in [-0.1, -0.05) is 54.2 Å². The van der Waals surface area contributed by atoms with Gasteiger partial charge in [0.1, 0.15) is 0 Å². The molecule has 1 aromatic heterocycles. The number of hydrogen-bond acceptors (Lipinski definition) is 3. The lowest BCUT2D eigenvalue weighted by molar-refractivity contribution is 0.687. The molecule has 0 saturated heterocycles. The minimum Gasteiger partial charge on any atom is -0.302 e. The fraction of sp³-hybridized carbons (Fsp3) is 0.286. The smallest absolute Gasteiger partial charge is 0.191 e. The highest BCUT2D eigenvalue weighted by Gasteiger charge is 2.12. The van der Waals surface area contributed by atoms with Gasteiger partial charge in [0.25, 0.3) is 0 Å². The molecule has 0 amide bonds. The Kier molecular flexibility index (Phi) is 4.20. The van der Waals surface area contributed by atoms with Crippen LogP contribution in [0.25, 0.3) is 11.4 Å². The summed E-state index contributed by atoms with van der Waals surface area (Å²) in [6, 6.07) is 10.2. The Bertz CT molecular complexity index is 531. The van der Waals surface area contributed by atoms with E-state index in [4.69, 9.17) is 0 Å². The van der Waals surface area contributed by atoms with Gasteiger partial charge in [-0.05, 0) is 13.8 Å². The molecule has 0 unspecified atom stereocenters. The van der Waals surface area contributed by atoms with Crippen LogP contribution in [0.5, 0.6) is 0 Å². The molecule has 18 heavy (non-hydrogen) atoms. The Morgan fingerprint density at radius 2 is 2.00 bits per heavy atom. The van der Waals surface area contributed by atoms with Gasteiger partial charge in [-0.15, -0.1) is 10.2 Å². The van der Waals surface area contributed by atoms with Crippen molar-refractivity contribution in [3.05, 3.63) is 42.5 Å². The lowest BCUT2D eigenvalue weighted by atomic mass is 10.2. The molecule has 0 bridgehead atoms.